The highest BCUT2D eigenvalue weighted by Crippen LogP contribution is 2.27. The molecule has 178 valence electrons. The summed E-state index contributed by atoms with van der Waals surface area (Å²) in [6.45, 7) is 1.70. The number of rotatable bonds is 9. The Hall–Kier alpha value is -4.72. The van der Waals surface area contributed by atoms with Crippen LogP contribution in [0.5, 0.6) is 11.5 Å². The van der Waals surface area contributed by atoms with Crippen LogP contribution in [0.15, 0.2) is 84.0 Å². The van der Waals surface area contributed by atoms with E-state index >= 15 is 0 Å². The average Bonchev–Trinajstić information content (AvgIpc) is 2.88. The van der Waals surface area contributed by atoms with Crippen molar-refractivity contribution in [2.24, 2.45) is 5.10 Å². The van der Waals surface area contributed by atoms with Gasteiger partial charge in [-0.25, -0.2) is 10.2 Å². The van der Waals surface area contributed by atoms with Crippen LogP contribution in [0.2, 0.25) is 0 Å². The highest BCUT2D eigenvalue weighted by Gasteiger charge is 2.09. The SMILES string of the molecule is COc1cc(/C=N\NC(=O)CNC(=O)c2ccc(C)cc2)ccc1OC(=O)/C=C/c1ccccc1. The van der Waals surface area contributed by atoms with Crippen LogP contribution in [0, 0.1) is 6.92 Å². The van der Waals surface area contributed by atoms with Crippen molar-refractivity contribution in [3.05, 3.63) is 101 Å². The molecule has 0 atom stereocenters. The molecule has 0 fully saturated rings. The van der Waals surface area contributed by atoms with E-state index in [1.807, 2.05) is 49.4 Å². The molecule has 0 radical (unpaired) electrons. The fourth-order valence-electron chi connectivity index (χ4n) is 2.91. The zero-order valence-corrected chi connectivity index (χ0v) is 19.4. The standard InChI is InChI=1S/C27H25N3O5/c1-19-8-12-22(13-9-19)27(33)28-18-25(31)30-29-17-21-10-14-23(24(16-21)34-2)35-26(32)15-11-20-6-4-3-5-7-20/h3-17H,18H2,1-2H3,(H,28,33)(H,30,31)/b15-11+,29-17-. The third kappa shape index (κ3) is 7.97. The van der Waals surface area contributed by atoms with Gasteiger partial charge < -0.3 is 14.8 Å². The van der Waals surface area contributed by atoms with Gasteiger partial charge in [-0.3, -0.25) is 9.59 Å². The molecule has 2 N–H and O–H groups in total. The molecule has 0 spiro atoms. The number of hydrazone groups is 1. The lowest BCUT2D eigenvalue weighted by atomic mass is 10.1. The first-order valence-electron chi connectivity index (χ1n) is 10.7. The van der Waals surface area contributed by atoms with Gasteiger partial charge in [-0.05, 0) is 54.5 Å². The number of benzene rings is 3. The molecule has 8 heteroatoms. The second-order valence-corrected chi connectivity index (χ2v) is 7.42. The smallest absolute Gasteiger partial charge is 0.336 e. The minimum atomic E-state index is -0.548. The summed E-state index contributed by atoms with van der Waals surface area (Å²) in [4.78, 5) is 36.2. The van der Waals surface area contributed by atoms with Gasteiger partial charge in [0.05, 0.1) is 19.9 Å². The Morgan fingerprint density at radius 2 is 1.66 bits per heavy atom. The van der Waals surface area contributed by atoms with E-state index in [1.54, 1.807) is 36.4 Å². The maximum Gasteiger partial charge on any atom is 0.336 e. The quantitative estimate of drug-likeness (QED) is 0.163. The Bertz CT molecular complexity index is 1240. The predicted molar refractivity (Wildman–Crippen MR) is 133 cm³/mol. The van der Waals surface area contributed by atoms with Crippen LogP contribution in [0.3, 0.4) is 0 Å². The van der Waals surface area contributed by atoms with E-state index in [1.165, 1.54) is 19.4 Å². The minimum absolute atomic E-state index is 0.223. The number of aryl methyl sites for hydroxylation is 1. The molecule has 0 bridgehead atoms. The number of hydrogen-bond acceptors (Lipinski definition) is 6. The molecule has 3 rings (SSSR count). The van der Waals surface area contributed by atoms with E-state index in [9.17, 15) is 14.4 Å². The van der Waals surface area contributed by atoms with Crippen LogP contribution in [0.25, 0.3) is 6.08 Å². The zero-order chi connectivity index (χ0) is 25.0. The lowest BCUT2D eigenvalue weighted by molar-refractivity contribution is -0.129. The van der Waals surface area contributed by atoms with Gasteiger partial charge in [0.25, 0.3) is 11.8 Å². The largest absolute Gasteiger partial charge is 0.493 e. The number of amides is 2. The van der Waals surface area contributed by atoms with Crippen LogP contribution in [0.4, 0.5) is 0 Å². The summed E-state index contributed by atoms with van der Waals surface area (Å²) in [7, 11) is 1.45. The summed E-state index contributed by atoms with van der Waals surface area (Å²) in [5, 5.41) is 6.42. The van der Waals surface area contributed by atoms with E-state index < -0.39 is 11.9 Å². The Morgan fingerprint density at radius 3 is 2.37 bits per heavy atom. The van der Waals surface area contributed by atoms with Crippen molar-refractivity contribution in [1.29, 1.82) is 0 Å². The van der Waals surface area contributed by atoms with E-state index in [-0.39, 0.29) is 18.2 Å². The fraction of sp³-hybridized carbons (Fsp3) is 0.111. The van der Waals surface area contributed by atoms with Crippen molar-refractivity contribution in [3.63, 3.8) is 0 Å². The molecule has 0 aromatic heterocycles. The van der Waals surface area contributed by atoms with Crippen LogP contribution < -0.4 is 20.2 Å². The second kappa shape index (κ2) is 12.5. The molecule has 35 heavy (non-hydrogen) atoms. The first-order valence-corrected chi connectivity index (χ1v) is 10.7. The monoisotopic (exact) mass is 471 g/mol. The van der Waals surface area contributed by atoms with Crippen molar-refractivity contribution >= 4 is 30.1 Å². The van der Waals surface area contributed by atoms with E-state index in [2.05, 4.69) is 15.8 Å². The summed E-state index contributed by atoms with van der Waals surface area (Å²) in [6, 6.07) is 21.2. The van der Waals surface area contributed by atoms with Gasteiger partial charge >= 0.3 is 5.97 Å². The molecule has 0 aliphatic heterocycles. The molecular weight excluding hydrogens is 446 g/mol. The zero-order valence-electron chi connectivity index (χ0n) is 19.4. The van der Waals surface area contributed by atoms with Crippen LogP contribution in [-0.4, -0.2) is 37.7 Å². The molecule has 0 heterocycles. The van der Waals surface area contributed by atoms with Crippen LogP contribution in [-0.2, 0) is 9.59 Å². The number of hydrogen-bond donors (Lipinski definition) is 2. The first kappa shape index (κ1) is 24.9. The van der Waals surface area contributed by atoms with Gasteiger partial charge in [0.15, 0.2) is 11.5 Å². The topological polar surface area (TPSA) is 106 Å². The molecule has 0 aliphatic rings. The van der Waals surface area contributed by atoms with Gasteiger partial charge in [-0.1, -0.05) is 48.0 Å². The lowest BCUT2D eigenvalue weighted by Gasteiger charge is -2.08. The van der Waals surface area contributed by atoms with Crippen molar-refractivity contribution in [2.45, 2.75) is 6.92 Å². The molecular formula is C27H25N3O5. The highest BCUT2D eigenvalue weighted by molar-refractivity contribution is 5.96. The number of carbonyl (C=O) groups is 3. The van der Waals surface area contributed by atoms with Gasteiger partial charge in [0.1, 0.15) is 0 Å². The summed E-state index contributed by atoms with van der Waals surface area (Å²) >= 11 is 0. The second-order valence-electron chi connectivity index (χ2n) is 7.42. The van der Waals surface area contributed by atoms with Crippen molar-refractivity contribution < 1.29 is 23.9 Å². The molecule has 2 amide bonds. The maximum absolute atomic E-state index is 12.1. The molecule has 0 unspecified atom stereocenters. The number of ether oxygens (including phenoxy) is 2. The molecule has 0 aliphatic carbocycles. The third-order valence-electron chi connectivity index (χ3n) is 4.74. The number of carbonyl (C=O) groups excluding carboxylic acids is 3. The van der Waals surface area contributed by atoms with Crippen molar-refractivity contribution in [2.75, 3.05) is 13.7 Å². The summed E-state index contributed by atoms with van der Waals surface area (Å²) in [6.07, 6.45) is 4.39. The summed E-state index contributed by atoms with van der Waals surface area (Å²) < 4.78 is 10.6. The lowest BCUT2D eigenvalue weighted by Crippen LogP contribution is -2.34. The van der Waals surface area contributed by atoms with E-state index in [0.717, 1.165) is 11.1 Å². The number of nitrogens with one attached hydrogen (secondary N) is 2. The molecule has 3 aromatic carbocycles. The van der Waals surface area contributed by atoms with Crippen molar-refractivity contribution in [3.8, 4) is 11.5 Å². The van der Waals surface area contributed by atoms with Crippen LogP contribution in [0.1, 0.15) is 27.0 Å². The van der Waals surface area contributed by atoms with Crippen LogP contribution >= 0.6 is 0 Å². The Kier molecular flexibility index (Phi) is 8.90. The average molecular weight is 472 g/mol. The Labute approximate surface area is 203 Å². The summed E-state index contributed by atoms with van der Waals surface area (Å²) in [5.41, 5.74) is 5.33. The Morgan fingerprint density at radius 1 is 0.914 bits per heavy atom. The number of esters is 1. The van der Waals surface area contributed by atoms with E-state index in [4.69, 9.17) is 9.47 Å². The van der Waals surface area contributed by atoms with Gasteiger partial charge in [-0.15, -0.1) is 0 Å². The number of nitrogens with zero attached hydrogens (tertiary/aromatic N) is 1. The van der Waals surface area contributed by atoms with Gasteiger partial charge in [0.2, 0.25) is 0 Å². The molecule has 0 saturated heterocycles. The molecule has 8 nitrogen and oxygen atoms in total. The summed E-state index contributed by atoms with van der Waals surface area (Å²) in [5.74, 6) is -0.808. The maximum atomic E-state index is 12.1. The highest BCUT2D eigenvalue weighted by atomic mass is 16.6. The normalized spacial score (nSPS) is 10.8. The van der Waals surface area contributed by atoms with E-state index in [0.29, 0.717) is 16.9 Å². The van der Waals surface area contributed by atoms with Gasteiger partial charge in [-0.2, -0.15) is 5.10 Å². The predicted octanol–water partition coefficient (Wildman–Crippen LogP) is 3.50. The Balaban J connectivity index is 1.50. The van der Waals surface area contributed by atoms with Crippen molar-refractivity contribution in [1.82, 2.24) is 10.7 Å². The molecule has 0 saturated carbocycles. The van der Waals surface area contributed by atoms with Gasteiger partial charge in [0, 0.05) is 11.6 Å². The number of methoxy groups -OCH3 is 1. The fourth-order valence-corrected chi connectivity index (χ4v) is 2.91. The first-order chi connectivity index (χ1) is 16.9. The minimum Gasteiger partial charge on any atom is -0.493 e. The third-order valence-corrected chi connectivity index (χ3v) is 4.74. The molecule has 3 aromatic rings.